The van der Waals surface area contributed by atoms with E-state index in [0.29, 0.717) is 12.2 Å². The summed E-state index contributed by atoms with van der Waals surface area (Å²) in [6.45, 7) is 6.91. The zero-order valence-corrected chi connectivity index (χ0v) is 21.2. The number of amides is 1. The normalized spacial score (nSPS) is 15.7. The Morgan fingerprint density at radius 1 is 1.06 bits per heavy atom. The minimum Gasteiger partial charge on any atom is -0.349 e. The molecule has 0 bridgehead atoms. The molecule has 0 fully saturated rings. The first-order chi connectivity index (χ1) is 16.3. The minimum atomic E-state index is -0.332. The number of hydrogen-bond acceptors (Lipinski definition) is 3. The van der Waals surface area contributed by atoms with E-state index in [1.54, 1.807) is 6.20 Å². The summed E-state index contributed by atoms with van der Waals surface area (Å²) in [5.74, 6) is 0.974. The molecule has 2 aromatic heterocycles. The number of aromatic nitrogens is 4. The van der Waals surface area contributed by atoms with Crippen molar-refractivity contribution in [3.63, 3.8) is 0 Å². The largest absolute Gasteiger partial charge is 0.349 e. The number of aryl methyl sites for hydroxylation is 1. The van der Waals surface area contributed by atoms with Gasteiger partial charge in [-0.2, -0.15) is 5.10 Å². The molecule has 6 nitrogen and oxygen atoms in total. The molecule has 1 aliphatic heterocycles. The van der Waals surface area contributed by atoms with Crippen molar-refractivity contribution in [3.05, 3.63) is 94.1 Å². The topological polar surface area (TPSA) is 66.8 Å². The Balaban J connectivity index is 1.63. The fourth-order valence-electron chi connectivity index (χ4n) is 4.67. The van der Waals surface area contributed by atoms with Gasteiger partial charge in [-0.05, 0) is 44.9 Å². The first kappa shape index (κ1) is 22.6. The van der Waals surface area contributed by atoms with Gasteiger partial charge in [-0.25, -0.2) is 4.98 Å². The van der Waals surface area contributed by atoms with E-state index in [9.17, 15) is 4.79 Å². The molecular formula is C27H28BrN5O. The van der Waals surface area contributed by atoms with Crippen LogP contribution in [0.5, 0.6) is 0 Å². The predicted octanol–water partition coefficient (Wildman–Crippen LogP) is 5.97. The molecule has 0 aliphatic carbocycles. The van der Waals surface area contributed by atoms with Gasteiger partial charge < -0.3 is 9.88 Å². The second-order valence-electron chi connectivity index (χ2n) is 9.65. The number of halogens is 1. The summed E-state index contributed by atoms with van der Waals surface area (Å²) in [6, 6.07) is 18.2. The molecule has 0 spiro atoms. The highest BCUT2D eigenvalue weighted by atomic mass is 79.9. The third kappa shape index (κ3) is 4.09. The van der Waals surface area contributed by atoms with E-state index in [-0.39, 0.29) is 17.5 Å². The zero-order valence-electron chi connectivity index (χ0n) is 19.6. The van der Waals surface area contributed by atoms with Gasteiger partial charge >= 0.3 is 0 Å². The monoisotopic (exact) mass is 517 g/mol. The molecule has 1 N–H and O–H groups in total. The molecule has 174 valence electrons. The molecular weight excluding hydrogens is 490 g/mol. The number of imidazole rings is 1. The van der Waals surface area contributed by atoms with E-state index in [2.05, 4.69) is 70.9 Å². The highest BCUT2D eigenvalue weighted by molar-refractivity contribution is 9.10. The van der Waals surface area contributed by atoms with Crippen LogP contribution in [0.4, 0.5) is 0 Å². The van der Waals surface area contributed by atoms with E-state index in [0.717, 1.165) is 45.5 Å². The van der Waals surface area contributed by atoms with Crippen molar-refractivity contribution < 1.29 is 4.79 Å². The molecule has 1 unspecified atom stereocenters. The standard InChI is InChI=1S/C27H28BrN5O/c1-27(2,3)33-25-22(23(31-33)18-8-5-4-6-9-18)24(19-11-13-20(28)14-12-19)32(26(25)34)17-7-10-21-29-15-16-30-21/h4-6,8-9,11-16,24H,7,10,17H2,1-3H3,(H,29,30). The molecule has 34 heavy (non-hydrogen) atoms. The van der Waals surface area contributed by atoms with Crippen LogP contribution in [0.2, 0.25) is 0 Å². The van der Waals surface area contributed by atoms with Crippen molar-refractivity contribution in [1.82, 2.24) is 24.6 Å². The lowest BCUT2D eigenvalue weighted by atomic mass is 9.96. The average molecular weight is 518 g/mol. The van der Waals surface area contributed by atoms with Crippen LogP contribution in [0, 0.1) is 0 Å². The van der Waals surface area contributed by atoms with E-state index < -0.39 is 0 Å². The van der Waals surface area contributed by atoms with Crippen LogP contribution in [0.1, 0.15) is 60.7 Å². The lowest BCUT2D eigenvalue weighted by molar-refractivity contribution is 0.0729. The van der Waals surface area contributed by atoms with Crippen molar-refractivity contribution in [2.24, 2.45) is 0 Å². The van der Waals surface area contributed by atoms with Gasteiger partial charge in [0, 0.05) is 41.0 Å². The van der Waals surface area contributed by atoms with Gasteiger partial charge in [0.25, 0.3) is 5.91 Å². The SMILES string of the molecule is CC(C)(C)n1nc(-c2ccccc2)c2c1C(=O)N(CCCc1ncc[nH]1)C2c1ccc(Br)cc1. The van der Waals surface area contributed by atoms with Crippen LogP contribution in [-0.4, -0.2) is 37.1 Å². The number of H-pyrrole nitrogens is 1. The number of nitrogens with zero attached hydrogens (tertiary/aromatic N) is 4. The van der Waals surface area contributed by atoms with E-state index >= 15 is 0 Å². The molecule has 5 rings (SSSR count). The fraction of sp³-hybridized carbons (Fsp3) is 0.296. The van der Waals surface area contributed by atoms with E-state index in [1.807, 2.05) is 46.1 Å². The molecule has 1 aliphatic rings. The van der Waals surface area contributed by atoms with Crippen LogP contribution in [-0.2, 0) is 12.0 Å². The summed E-state index contributed by atoms with van der Waals surface area (Å²) >= 11 is 3.55. The quantitative estimate of drug-likeness (QED) is 0.342. The maximum atomic E-state index is 14.0. The average Bonchev–Trinajstić information content (AvgIpc) is 3.53. The molecule has 0 saturated carbocycles. The van der Waals surface area contributed by atoms with Crippen LogP contribution in [0.3, 0.4) is 0 Å². The first-order valence-corrected chi connectivity index (χ1v) is 12.4. The van der Waals surface area contributed by atoms with E-state index in [1.165, 1.54) is 0 Å². The van der Waals surface area contributed by atoms with Gasteiger partial charge in [-0.3, -0.25) is 9.48 Å². The van der Waals surface area contributed by atoms with Gasteiger partial charge in [-0.1, -0.05) is 58.4 Å². The molecule has 0 radical (unpaired) electrons. The first-order valence-electron chi connectivity index (χ1n) is 11.6. The number of hydrogen-bond donors (Lipinski definition) is 1. The summed E-state index contributed by atoms with van der Waals surface area (Å²) in [7, 11) is 0. The molecule has 0 saturated heterocycles. The maximum Gasteiger partial charge on any atom is 0.273 e. The summed E-state index contributed by atoms with van der Waals surface area (Å²) in [4.78, 5) is 23.5. The number of rotatable bonds is 6. The van der Waals surface area contributed by atoms with Gasteiger partial charge in [0.05, 0.1) is 17.3 Å². The predicted molar refractivity (Wildman–Crippen MR) is 137 cm³/mol. The molecule has 1 amide bonds. The van der Waals surface area contributed by atoms with Gasteiger partial charge in [0.2, 0.25) is 0 Å². The number of nitrogens with one attached hydrogen (secondary N) is 1. The molecule has 3 heterocycles. The molecule has 2 aromatic carbocycles. The van der Waals surface area contributed by atoms with Crippen molar-refractivity contribution in [3.8, 4) is 11.3 Å². The number of benzene rings is 2. The van der Waals surface area contributed by atoms with Crippen LogP contribution < -0.4 is 0 Å². The summed E-state index contributed by atoms with van der Waals surface area (Å²) in [5.41, 5.74) is 4.33. The Bertz CT molecular complexity index is 1290. The van der Waals surface area contributed by atoms with Gasteiger partial charge in [0.15, 0.2) is 0 Å². The Kier molecular flexibility index (Phi) is 5.90. The maximum absolute atomic E-state index is 14.0. The minimum absolute atomic E-state index is 0.0342. The molecule has 1 atom stereocenters. The van der Waals surface area contributed by atoms with Crippen LogP contribution in [0.15, 0.2) is 71.5 Å². The van der Waals surface area contributed by atoms with Gasteiger partial charge in [-0.15, -0.1) is 0 Å². The van der Waals surface area contributed by atoms with Crippen LogP contribution >= 0.6 is 15.9 Å². The highest BCUT2D eigenvalue weighted by Crippen LogP contribution is 2.45. The van der Waals surface area contributed by atoms with Crippen molar-refractivity contribution in [2.75, 3.05) is 6.54 Å². The van der Waals surface area contributed by atoms with Crippen molar-refractivity contribution in [1.29, 1.82) is 0 Å². The summed E-state index contributed by atoms with van der Waals surface area (Å²) in [5, 5.41) is 5.02. The summed E-state index contributed by atoms with van der Waals surface area (Å²) in [6.07, 6.45) is 5.21. The highest BCUT2D eigenvalue weighted by Gasteiger charge is 2.45. The number of aromatic amines is 1. The van der Waals surface area contributed by atoms with Gasteiger partial charge in [0.1, 0.15) is 11.5 Å². The van der Waals surface area contributed by atoms with Crippen molar-refractivity contribution >= 4 is 21.8 Å². The van der Waals surface area contributed by atoms with Crippen molar-refractivity contribution in [2.45, 2.75) is 45.2 Å². The summed E-state index contributed by atoms with van der Waals surface area (Å²) < 4.78 is 2.93. The third-order valence-electron chi connectivity index (χ3n) is 6.21. The number of carbonyl (C=O) groups excluding carboxylic acids is 1. The second-order valence-corrected chi connectivity index (χ2v) is 10.6. The smallest absolute Gasteiger partial charge is 0.273 e. The molecule has 7 heteroatoms. The Morgan fingerprint density at radius 2 is 1.79 bits per heavy atom. The fourth-order valence-corrected chi connectivity index (χ4v) is 4.94. The lowest BCUT2D eigenvalue weighted by Crippen LogP contribution is -2.34. The third-order valence-corrected chi connectivity index (χ3v) is 6.74. The Labute approximate surface area is 208 Å². The molecule has 4 aromatic rings. The lowest BCUT2D eigenvalue weighted by Gasteiger charge is -2.27. The Hall–Kier alpha value is -3.19. The number of carbonyl (C=O) groups is 1. The number of fused-ring (bicyclic) bond motifs is 1. The second kappa shape index (κ2) is 8.87. The van der Waals surface area contributed by atoms with E-state index in [4.69, 9.17) is 5.10 Å². The Morgan fingerprint density at radius 3 is 2.44 bits per heavy atom. The zero-order chi connectivity index (χ0) is 23.9. The van der Waals surface area contributed by atoms with Crippen LogP contribution in [0.25, 0.3) is 11.3 Å².